The minimum Gasteiger partial charge on any atom is -0.353 e. The smallest absolute Gasteiger partial charge is 0.342 e. The zero-order valence-electron chi connectivity index (χ0n) is 9.90. The molecule has 0 saturated heterocycles. The second kappa shape index (κ2) is 5.28. The lowest BCUT2D eigenvalue weighted by atomic mass is 10.3. The molecular formula is C9H15N5O3. The van der Waals surface area contributed by atoms with Crippen LogP contribution in [-0.4, -0.2) is 45.6 Å². The van der Waals surface area contributed by atoms with Crippen LogP contribution in [0.2, 0.25) is 0 Å². The number of aromatic amines is 2. The van der Waals surface area contributed by atoms with Crippen LogP contribution in [0.3, 0.4) is 0 Å². The fourth-order valence-electron chi connectivity index (χ4n) is 1.20. The molecule has 1 aromatic heterocycles. The second-order valence-electron chi connectivity index (χ2n) is 3.57. The summed E-state index contributed by atoms with van der Waals surface area (Å²) in [6, 6.07) is -0.598. The molecule has 94 valence electrons. The van der Waals surface area contributed by atoms with E-state index in [1.165, 1.54) is 4.90 Å². The first kappa shape index (κ1) is 12.9. The summed E-state index contributed by atoms with van der Waals surface area (Å²) in [4.78, 5) is 37.3. The average molecular weight is 241 g/mol. The molecule has 0 aliphatic carbocycles. The van der Waals surface area contributed by atoms with Crippen molar-refractivity contribution in [3.63, 3.8) is 0 Å². The molecule has 0 fully saturated rings. The Labute approximate surface area is 97.0 Å². The standard InChI is InChI=1S/C9H15N5O3/c1-4-14(3)8(16)5(2)10-6-7(15)11-9(17)13-12-6/h5H,4H2,1-3H3,(H,10,12)(H2,11,13,15,17). The number of anilines is 1. The minimum atomic E-state index is -0.690. The molecule has 17 heavy (non-hydrogen) atoms. The molecule has 1 rings (SSSR count). The number of carbonyl (C=O) groups excluding carboxylic acids is 1. The number of nitrogens with zero attached hydrogens (tertiary/aromatic N) is 2. The van der Waals surface area contributed by atoms with Crippen molar-refractivity contribution in [2.45, 2.75) is 19.9 Å². The largest absolute Gasteiger partial charge is 0.353 e. The summed E-state index contributed by atoms with van der Waals surface area (Å²) >= 11 is 0. The third-order valence-corrected chi connectivity index (χ3v) is 2.29. The van der Waals surface area contributed by atoms with Gasteiger partial charge in [-0.15, -0.1) is 5.10 Å². The zero-order valence-corrected chi connectivity index (χ0v) is 9.90. The number of hydrogen-bond acceptors (Lipinski definition) is 5. The lowest BCUT2D eigenvalue weighted by Gasteiger charge is -2.20. The van der Waals surface area contributed by atoms with Gasteiger partial charge in [-0.1, -0.05) is 0 Å². The van der Waals surface area contributed by atoms with E-state index in [0.29, 0.717) is 6.54 Å². The highest BCUT2D eigenvalue weighted by Crippen LogP contribution is 1.97. The van der Waals surface area contributed by atoms with E-state index in [1.807, 2.05) is 11.9 Å². The van der Waals surface area contributed by atoms with E-state index in [1.54, 1.807) is 14.0 Å². The van der Waals surface area contributed by atoms with E-state index in [9.17, 15) is 14.4 Å². The normalized spacial score (nSPS) is 11.9. The van der Waals surface area contributed by atoms with Crippen LogP contribution in [0.5, 0.6) is 0 Å². The molecule has 8 heteroatoms. The number of carbonyl (C=O) groups is 1. The Kier molecular flexibility index (Phi) is 4.02. The molecular weight excluding hydrogens is 226 g/mol. The van der Waals surface area contributed by atoms with Crippen LogP contribution in [0.1, 0.15) is 13.8 Å². The molecule has 8 nitrogen and oxygen atoms in total. The van der Waals surface area contributed by atoms with Crippen molar-refractivity contribution >= 4 is 11.7 Å². The van der Waals surface area contributed by atoms with Crippen molar-refractivity contribution < 1.29 is 4.79 Å². The first-order chi connectivity index (χ1) is 7.95. The topological polar surface area (TPSA) is 111 Å². The molecule has 0 radical (unpaired) electrons. The molecule has 1 aromatic rings. The van der Waals surface area contributed by atoms with Crippen molar-refractivity contribution in [1.29, 1.82) is 0 Å². The first-order valence-electron chi connectivity index (χ1n) is 5.16. The molecule has 0 aromatic carbocycles. The monoisotopic (exact) mass is 241 g/mol. The molecule has 1 amide bonds. The van der Waals surface area contributed by atoms with Gasteiger partial charge in [-0.25, -0.2) is 9.89 Å². The maximum Gasteiger partial charge on any atom is 0.342 e. The zero-order chi connectivity index (χ0) is 13.0. The molecule has 3 N–H and O–H groups in total. The second-order valence-corrected chi connectivity index (χ2v) is 3.57. The average Bonchev–Trinajstić information content (AvgIpc) is 2.30. The van der Waals surface area contributed by atoms with Crippen LogP contribution in [-0.2, 0) is 4.79 Å². The Morgan fingerprint density at radius 2 is 2.18 bits per heavy atom. The number of nitrogens with one attached hydrogen (secondary N) is 3. The van der Waals surface area contributed by atoms with Gasteiger partial charge in [-0.2, -0.15) is 0 Å². The molecule has 1 heterocycles. The molecule has 0 aliphatic rings. The van der Waals surface area contributed by atoms with Gasteiger partial charge in [0.05, 0.1) is 0 Å². The Morgan fingerprint density at radius 3 is 2.71 bits per heavy atom. The van der Waals surface area contributed by atoms with Crippen molar-refractivity contribution in [3.05, 3.63) is 20.8 Å². The van der Waals surface area contributed by atoms with Gasteiger partial charge in [0.25, 0.3) is 5.56 Å². The SMILES string of the molecule is CCN(C)C(=O)C(C)Nc1n[nH]c(=O)[nH]c1=O. The minimum absolute atomic E-state index is 0.0880. The van der Waals surface area contributed by atoms with Gasteiger partial charge in [0.15, 0.2) is 0 Å². The Bertz CT molecular complexity index is 506. The van der Waals surface area contributed by atoms with Gasteiger partial charge < -0.3 is 10.2 Å². The maximum atomic E-state index is 11.7. The van der Waals surface area contributed by atoms with Crippen molar-refractivity contribution in [2.24, 2.45) is 0 Å². The van der Waals surface area contributed by atoms with Gasteiger partial charge in [0, 0.05) is 13.6 Å². The number of H-pyrrole nitrogens is 2. The van der Waals surface area contributed by atoms with Crippen LogP contribution in [0.4, 0.5) is 5.82 Å². The fraction of sp³-hybridized carbons (Fsp3) is 0.556. The first-order valence-corrected chi connectivity index (χ1v) is 5.16. The molecule has 1 atom stereocenters. The highest BCUT2D eigenvalue weighted by Gasteiger charge is 2.17. The molecule has 0 bridgehead atoms. The van der Waals surface area contributed by atoms with E-state index in [4.69, 9.17) is 0 Å². The summed E-state index contributed by atoms with van der Waals surface area (Å²) in [7, 11) is 1.66. The number of hydrogen-bond donors (Lipinski definition) is 3. The summed E-state index contributed by atoms with van der Waals surface area (Å²) in [6.45, 7) is 4.02. The van der Waals surface area contributed by atoms with Gasteiger partial charge in [-0.3, -0.25) is 14.6 Å². The lowest BCUT2D eigenvalue weighted by molar-refractivity contribution is -0.130. The van der Waals surface area contributed by atoms with E-state index < -0.39 is 17.3 Å². The number of amides is 1. The number of rotatable bonds is 4. The van der Waals surface area contributed by atoms with Crippen LogP contribution < -0.4 is 16.6 Å². The van der Waals surface area contributed by atoms with Gasteiger partial charge in [0.2, 0.25) is 11.7 Å². The quantitative estimate of drug-likeness (QED) is 0.609. The van der Waals surface area contributed by atoms with E-state index >= 15 is 0 Å². The Balaban J connectivity index is 2.81. The molecule has 0 spiro atoms. The summed E-state index contributed by atoms with van der Waals surface area (Å²) in [5, 5.41) is 8.24. The van der Waals surface area contributed by atoms with Gasteiger partial charge >= 0.3 is 5.69 Å². The Hall–Kier alpha value is -2.12. The molecule has 1 unspecified atom stereocenters. The van der Waals surface area contributed by atoms with Gasteiger partial charge in [-0.05, 0) is 13.8 Å². The third-order valence-electron chi connectivity index (χ3n) is 2.29. The van der Waals surface area contributed by atoms with E-state index in [0.717, 1.165) is 0 Å². The lowest BCUT2D eigenvalue weighted by Crippen LogP contribution is -2.40. The van der Waals surface area contributed by atoms with E-state index in [2.05, 4.69) is 15.5 Å². The van der Waals surface area contributed by atoms with Crippen LogP contribution in [0.25, 0.3) is 0 Å². The van der Waals surface area contributed by atoms with E-state index in [-0.39, 0.29) is 11.7 Å². The predicted octanol–water partition coefficient (Wildman–Crippen LogP) is -1.26. The summed E-state index contributed by atoms with van der Waals surface area (Å²) in [5.41, 5.74) is -1.35. The molecule has 0 aliphatic heterocycles. The number of aromatic nitrogens is 3. The van der Waals surface area contributed by atoms with Crippen molar-refractivity contribution in [2.75, 3.05) is 18.9 Å². The van der Waals surface area contributed by atoms with Crippen molar-refractivity contribution in [3.8, 4) is 0 Å². The Morgan fingerprint density at radius 1 is 1.53 bits per heavy atom. The predicted molar refractivity (Wildman–Crippen MR) is 61.9 cm³/mol. The number of likely N-dealkylation sites (N-methyl/N-ethyl adjacent to an activating group) is 1. The summed E-state index contributed by atoms with van der Waals surface area (Å²) < 4.78 is 0. The third kappa shape index (κ3) is 3.16. The summed E-state index contributed by atoms with van der Waals surface area (Å²) in [6.07, 6.45) is 0. The maximum absolute atomic E-state index is 11.7. The van der Waals surface area contributed by atoms with Crippen LogP contribution in [0.15, 0.2) is 9.59 Å². The van der Waals surface area contributed by atoms with Crippen LogP contribution >= 0.6 is 0 Å². The van der Waals surface area contributed by atoms with Crippen molar-refractivity contribution in [1.82, 2.24) is 20.1 Å². The van der Waals surface area contributed by atoms with Gasteiger partial charge in [0.1, 0.15) is 6.04 Å². The highest BCUT2D eigenvalue weighted by atomic mass is 16.2. The van der Waals surface area contributed by atoms with Crippen LogP contribution in [0, 0.1) is 0 Å². The molecule has 0 saturated carbocycles. The summed E-state index contributed by atoms with van der Waals surface area (Å²) in [5.74, 6) is -0.255. The highest BCUT2D eigenvalue weighted by molar-refractivity contribution is 5.83. The fourth-order valence-corrected chi connectivity index (χ4v) is 1.20.